The first-order valence-corrected chi connectivity index (χ1v) is 8.85. The summed E-state index contributed by atoms with van der Waals surface area (Å²) < 4.78 is 11.4. The quantitative estimate of drug-likeness (QED) is 0.597. The van der Waals surface area contributed by atoms with Gasteiger partial charge < -0.3 is 19.7 Å². The molecule has 1 amide bonds. The molecule has 0 aliphatic heterocycles. The lowest BCUT2D eigenvalue weighted by atomic mass is 10.1. The summed E-state index contributed by atoms with van der Waals surface area (Å²) in [5.41, 5.74) is 0.884. The lowest BCUT2D eigenvalue weighted by molar-refractivity contribution is -0.896. The molecule has 0 bridgehead atoms. The van der Waals surface area contributed by atoms with Gasteiger partial charge in [-0.25, -0.2) is 0 Å². The molecule has 1 rings (SSSR count). The zero-order valence-corrected chi connectivity index (χ0v) is 16.1. The molecule has 0 saturated heterocycles. The number of hydrogen-bond donors (Lipinski definition) is 2. The Morgan fingerprint density at radius 1 is 1.17 bits per heavy atom. The van der Waals surface area contributed by atoms with E-state index in [2.05, 4.69) is 35.1 Å². The molecule has 0 aromatic heterocycles. The van der Waals surface area contributed by atoms with Crippen molar-refractivity contribution >= 4 is 21.8 Å². The zero-order valence-electron chi connectivity index (χ0n) is 14.5. The van der Waals surface area contributed by atoms with Gasteiger partial charge in [-0.05, 0) is 31.5 Å². The van der Waals surface area contributed by atoms with Crippen LogP contribution in [-0.4, -0.2) is 46.3 Å². The smallest absolute Gasteiger partial charge is 0.224 e. The van der Waals surface area contributed by atoms with E-state index in [4.69, 9.17) is 9.47 Å². The second kappa shape index (κ2) is 10.5. The van der Waals surface area contributed by atoms with Gasteiger partial charge in [0.2, 0.25) is 5.91 Å². The van der Waals surface area contributed by atoms with E-state index in [1.165, 1.54) is 0 Å². The van der Waals surface area contributed by atoms with Crippen molar-refractivity contribution in [2.24, 2.45) is 0 Å². The second-order valence-corrected chi connectivity index (χ2v) is 6.24. The van der Waals surface area contributed by atoms with Crippen molar-refractivity contribution < 1.29 is 19.2 Å². The van der Waals surface area contributed by atoms with Gasteiger partial charge in [-0.3, -0.25) is 4.79 Å². The number of nitrogens with one attached hydrogen (secondary N) is 2. The molecule has 6 heteroatoms. The number of benzene rings is 1. The number of halogens is 1. The van der Waals surface area contributed by atoms with Crippen LogP contribution in [0.1, 0.15) is 25.8 Å². The van der Waals surface area contributed by atoms with E-state index in [0.717, 1.165) is 36.1 Å². The predicted octanol–water partition coefficient (Wildman–Crippen LogP) is 1.44. The first-order chi connectivity index (χ1) is 11.0. The highest BCUT2D eigenvalue weighted by molar-refractivity contribution is 9.10. The van der Waals surface area contributed by atoms with Gasteiger partial charge >= 0.3 is 0 Å². The molecule has 5 nitrogen and oxygen atoms in total. The predicted molar refractivity (Wildman–Crippen MR) is 95.5 cm³/mol. The number of amides is 1. The Hall–Kier alpha value is -1.27. The molecule has 1 aromatic rings. The summed E-state index contributed by atoms with van der Waals surface area (Å²) in [5.74, 6) is 1.29. The highest BCUT2D eigenvalue weighted by Crippen LogP contribution is 2.33. The molecular weight excluding hydrogens is 360 g/mol. The molecule has 2 N–H and O–H groups in total. The van der Waals surface area contributed by atoms with E-state index in [0.29, 0.717) is 24.5 Å². The maximum absolute atomic E-state index is 12.1. The maximum atomic E-state index is 12.1. The summed E-state index contributed by atoms with van der Waals surface area (Å²) in [7, 11) is 3.18. The zero-order chi connectivity index (χ0) is 17.2. The van der Waals surface area contributed by atoms with E-state index in [-0.39, 0.29) is 5.91 Å². The number of ether oxygens (including phenoxy) is 2. The van der Waals surface area contributed by atoms with E-state index >= 15 is 0 Å². The second-order valence-electron chi connectivity index (χ2n) is 5.39. The third kappa shape index (κ3) is 6.39. The molecule has 0 aliphatic carbocycles. The summed E-state index contributed by atoms with van der Waals surface area (Å²) in [4.78, 5) is 13.6. The first kappa shape index (κ1) is 19.8. The van der Waals surface area contributed by atoms with Crippen LogP contribution in [0.3, 0.4) is 0 Å². The molecule has 0 spiro atoms. The minimum absolute atomic E-state index is 0.0208. The van der Waals surface area contributed by atoms with Crippen LogP contribution in [0.15, 0.2) is 16.6 Å². The van der Waals surface area contributed by atoms with Crippen molar-refractivity contribution in [3.05, 3.63) is 22.2 Å². The van der Waals surface area contributed by atoms with Gasteiger partial charge in [0.25, 0.3) is 0 Å². The van der Waals surface area contributed by atoms with Gasteiger partial charge in [0.15, 0.2) is 11.5 Å². The van der Waals surface area contributed by atoms with Crippen LogP contribution in [0, 0.1) is 0 Å². The maximum Gasteiger partial charge on any atom is 0.224 e. The Morgan fingerprint density at radius 2 is 1.78 bits per heavy atom. The van der Waals surface area contributed by atoms with Gasteiger partial charge in [-0.15, -0.1) is 0 Å². The minimum Gasteiger partial charge on any atom is -0.493 e. The standard InChI is InChI=1S/C17H27BrN2O3/c1-5-20(6-2)9-7-8-19-17(21)11-13-10-15(22-3)16(23-4)12-14(13)18/h10,12H,5-9,11H2,1-4H3,(H,19,21)/p+1. The van der Waals surface area contributed by atoms with Crippen LogP contribution >= 0.6 is 15.9 Å². The summed E-state index contributed by atoms with van der Waals surface area (Å²) in [6.07, 6.45) is 1.31. The molecule has 0 fully saturated rings. The molecule has 23 heavy (non-hydrogen) atoms. The summed E-state index contributed by atoms with van der Waals surface area (Å²) in [6, 6.07) is 3.66. The van der Waals surface area contributed by atoms with Crippen molar-refractivity contribution in [1.29, 1.82) is 0 Å². The molecule has 0 aliphatic rings. The fourth-order valence-electron chi connectivity index (χ4n) is 2.44. The lowest BCUT2D eigenvalue weighted by Crippen LogP contribution is -3.11. The van der Waals surface area contributed by atoms with Crippen LogP contribution < -0.4 is 19.7 Å². The Bertz CT molecular complexity index is 505. The third-order valence-corrected chi connectivity index (χ3v) is 4.67. The van der Waals surface area contributed by atoms with Crippen molar-refractivity contribution in [3.63, 3.8) is 0 Å². The Kier molecular flexibility index (Phi) is 9.02. The number of quaternary nitrogens is 1. The average molecular weight is 388 g/mol. The molecule has 0 unspecified atom stereocenters. The molecule has 0 radical (unpaired) electrons. The largest absolute Gasteiger partial charge is 0.493 e. The number of carbonyl (C=O) groups excluding carboxylic acids is 1. The lowest BCUT2D eigenvalue weighted by Gasteiger charge is -2.15. The molecule has 0 heterocycles. The number of hydrogen-bond acceptors (Lipinski definition) is 3. The fourth-order valence-corrected chi connectivity index (χ4v) is 2.90. The summed E-state index contributed by atoms with van der Waals surface area (Å²) in [6.45, 7) is 8.44. The van der Waals surface area contributed by atoms with E-state index < -0.39 is 0 Å². The van der Waals surface area contributed by atoms with E-state index in [1.807, 2.05) is 12.1 Å². The summed E-state index contributed by atoms with van der Waals surface area (Å²) in [5, 5.41) is 2.98. The first-order valence-electron chi connectivity index (χ1n) is 8.06. The van der Waals surface area contributed by atoms with Gasteiger partial charge in [-0.2, -0.15) is 0 Å². The van der Waals surface area contributed by atoms with Crippen LogP contribution in [0.25, 0.3) is 0 Å². The van der Waals surface area contributed by atoms with Crippen molar-refractivity contribution in [2.45, 2.75) is 26.7 Å². The van der Waals surface area contributed by atoms with E-state index in [9.17, 15) is 4.79 Å². The Morgan fingerprint density at radius 3 is 2.35 bits per heavy atom. The normalized spacial score (nSPS) is 10.7. The number of rotatable bonds is 10. The van der Waals surface area contributed by atoms with Crippen molar-refractivity contribution in [1.82, 2.24) is 5.32 Å². The van der Waals surface area contributed by atoms with Crippen LogP contribution in [0.5, 0.6) is 11.5 Å². The Labute approximate surface area is 147 Å². The molecule has 130 valence electrons. The highest BCUT2D eigenvalue weighted by atomic mass is 79.9. The third-order valence-electron chi connectivity index (χ3n) is 3.93. The molecule has 0 atom stereocenters. The van der Waals surface area contributed by atoms with Gasteiger partial charge in [-0.1, -0.05) is 15.9 Å². The van der Waals surface area contributed by atoms with Crippen molar-refractivity contribution in [3.8, 4) is 11.5 Å². The van der Waals surface area contributed by atoms with Crippen LogP contribution in [0.2, 0.25) is 0 Å². The SMILES string of the molecule is CC[NH+](CC)CCCNC(=O)Cc1cc(OC)c(OC)cc1Br. The average Bonchev–Trinajstić information content (AvgIpc) is 2.56. The highest BCUT2D eigenvalue weighted by Gasteiger charge is 2.12. The van der Waals surface area contributed by atoms with Crippen LogP contribution in [0.4, 0.5) is 0 Å². The minimum atomic E-state index is 0.0208. The number of methoxy groups -OCH3 is 2. The monoisotopic (exact) mass is 387 g/mol. The summed E-state index contributed by atoms with van der Waals surface area (Å²) >= 11 is 3.48. The topological polar surface area (TPSA) is 52.0 Å². The van der Waals surface area contributed by atoms with E-state index in [1.54, 1.807) is 19.1 Å². The molecule has 1 aromatic carbocycles. The van der Waals surface area contributed by atoms with Gasteiger partial charge in [0.1, 0.15) is 0 Å². The molecular formula is C17H28BrN2O3+. The molecule has 0 saturated carbocycles. The van der Waals surface area contributed by atoms with Crippen LogP contribution in [-0.2, 0) is 11.2 Å². The van der Waals surface area contributed by atoms with Gasteiger partial charge in [0, 0.05) is 17.4 Å². The Balaban J connectivity index is 2.51. The fraction of sp³-hybridized carbons (Fsp3) is 0.588. The van der Waals surface area contributed by atoms with Gasteiger partial charge in [0.05, 0.1) is 40.3 Å². The van der Waals surface area contributed by atoms with Crippen molar-refractivity contribution in [2.75, 3.05) is 40.4 Å². The number of carbonyl (C=O) groups is 1.